The summed E-state index contributed by atoms with van der Waals surface area (Å²) in [5, 5.41) is 0. The van der Waals surface area contributed by atoms with E-state index in [4.69, 9.17) is 0 Å². The van der Waals surface area contributed by atoms with Gasteiger partial charge in [-0.1, -0.05) is 140 Å². The molecule has 0 aromatic heterocycles. The molecule has 6 fully saturated rings. The quantitative estimate of drug-likeness (QED) is 0.168. The Hall–Kier alpha value is -5.66. The van der Waals surface area contributed by atoms with E-state index in [1.807, 2.05) is 0 Å². The van der Waals surface area contributed by atoms with Crippen molar-refractivity contribution in [2.45, 2.75) is 68.6 Å². The van der Waals surface area contributed by atoms with E-state index in [9.17, 15) is 0 Å². The van der Waals surface area contributed by atoms with E-state index in [0.29, 0.717) is 0 Å². The van der Waals surface area contributed by atoms with Gasteiger partial charge >= 0.3 is 0 Å². The molecule has 1 heteroatoms. The smallest absolute Gasteiger partial charge is 0.0543 e. The maximum atomic E-state index is 2.66. The molecular formula is C59H51N. The van der Waals surface area contributed by atoms with Gasteiger partial charge in [0, 0.05) is 27.8 Å². The van der Waals surface area contributed by atoms with Gasteiger partial charge < -0.3 is 4.90 Å². The summed E-state index contributed by atoms with van der Waals surface area (Å²) in [6.07, 6.45) is 12.5. The van der Waals surface area contributed by atoms with Crippen LogP contribution in [-0.2, 0) is 10.8 Å². The zero-order valence-corrected chi connectivity index (χ0v) is 34.4. The summed E-state index contributed by atoms with van der Waals surface area (Å²) in [5.41, 5.74) is 21.4. The lowest BCUT2D eigenvalue weighted by molar-refractivity contribution is -0.0399. The molecule has 292 valence electrons. The lowest BCUT2D eigenvalue weighted by Gasteiger charge is -2.61. The monoisotopic (exact) mass is 773 g/mol. The van der Waals surface area contributed by atoms with Gasteiger partial charge in [0.2, 0.25) is 0 Å². The van der Waals surface area contributed by atoms with Gasteiger partial charge in [0.1, 0.15) is 0 Å². The highest BCUT2D eigenvalue weighted by Crippen LogP contribution is 2.71. The van der Waals surface area contributed by atoms with Crippen LogP contribution >= 0.6 is 0 Å². The second-order valence-corrected chi connectivity index (χ2v) is 20.1. The first-order valence-electron chi connectivity index (χ1n) is 23.2. The van der Waals surface area contributed by atoms with Crippen LogP contribution < -0.4 is 4.90 Å². The number of fused-ring (bicyclic) bond motifs is 11. The Labute approximate surface area is 355 Å². The van der Waals surface area contributed by atoms with Crippen molar-refractivity contribution in [2.24, 2.45) is 35.5 Å². The highest BCUT2D eigenvalue weighted by molar-refractivity contribution is 5.96. The average molecular weight is 774 g/mol. The van der Waals surface area contributed by atoms with Crippen molar-refractivity contribution in [1.82, 2.24) is 0 Å². The second kappa shape index (κ2) is 12.4. The third kappa shape index (κ3) is 4.49. The van der Waals surface area contributed by atoms with Crippen LogP contribution in [0.3, 0.4) is 0 Å². The summed E-state index contributed by atoms with van der Waals surface area (Å²) in [5.74, 6) is 4.90. The van der Waals surface area contributed by atoms with Crippen LogP contribution in [0, 0.1) is 35.5 Å². The molecule has 0 aliphatic heterocycles. The molecule has 2 spiro atoms. The summed E-state index contributed by atoms with van der Waals surface area (Å²) in [6, 6.07) is 63.5. The largest absolute Gasteiger partial charge is 0.310 e. The Bertz CT molecular complexity index is 2820. The van der Waals surface area contributed by atoms with E-state index >= 15 is 0 Å². The maximum absolute atomic E-state index is 2.66. The van der Waals surface area contributed by atoms with Crippen molar-refractivity contribution in [3.8, 4) is 44.5 Å². The molecule has 3 atom stereocenters. The van der Waals surface area contributed by atoms with Crippen LogP contribution in [0.5, 0.6) is 0 Å². The molecule has 0 saturated heterocycles. The molecule has 60 heavy (non-hydrogen) atoms. The summed E-state index contributed by atoms with van der Waals surface area (Å²) < 4.78 is 0. The van der Waals surface area contributed by atoms with Crippen molar-refractivity contribution in [1.29, 1.82) is 0 Å². The van der Waals surface area contributed by atoms with Gasteiger partial charge in [0.25, 0.3) is 0 Å². The van der Waals surface area contributed by atoms with Crippen LogP contribution in [0.25, 0.3) is 44.5 Å². The first-order valence-corrected chi connectivity index (χ1v) is 23.2. The third-order valence-electron chi connectivity index (χ3n) is 17.5. The highest BCUT2D eigenvalue weighted by Gasteiger charge is 2.62. The normalized spacial score (nSPS) is 29.2. The van der Waals surface area contributed by atoms with Crippen molar-refractivity contribution < 1.29 is 0 Å². The van der Waals surface area contributed by atoms with Crippen molar-refractivity contribution in [2.75, 3.05) is 4.90 Å². The minimum absolute atomic E-state index is 0.127. The van der Waals surface area contributed by atoms with Crippen LogP contribution in [-0.4, -0.2) is 0 Å². The van der Waals surface area contributed by atoms with Gasteiger partial charge in [-0.25, -0.2) is 0 Å². The summed E-state index contributed by atoms with van der Waals surface area (Å²) in [4.78, 5) is 2.66. The van der Waals surface area contributed by atoms with Crippen LogP contribution in [0.1, 0.15) is 80.0 Å². The molecule has 3 unspecified atom stereocenters. The van der Waals surface area contributed by atoms with E-state index in [1.165, 1.54) is 119 Å². The Morgan fingerprint density at radius 2 is 0.950 bits per heavy atom. The minimum Gasteiger partial charge on any atom is -0.310 e. The third-order valence-corrected chi connectivity index (χ3v) is 17.5. The predicted molar refractivity (Wildman–Crippen MR) is 247 cm³/mol. The van der Waals surface area contributed by atoms with Gasteiger partial charge in [-0.3, -0.25) is 0 Å². The standard InChI is InChI=1S/C59H51N/c1-2-9-40(10-3-1)41-18-20-42(21-19-41)43-22-25-47(26-23-43)60(48-27-28-50-49-11-4-6-13-52(49)58(55(50)35-48)36-37-17-24-44(58)30-37)56-16-8-15-54-57(56)51-12-5-7-14-53(51)59(54)45-31-38-29-39(33-45)34-46(59)32-38/h1-16,18-23,25-28,35,37-39,44-46H,17,24,29-34,36H2. The SMILES string of the molecule is c1ccc(-c2ccc(-c3ccc(N(c4ccc5c(c4)C4(CC6CCC4C6)c4ccccc4-5)c4cccc5c4-c4ccccc4C54C5CC6CC(C5)CC4C6)cc3)cc2)cc1. The number of nitrogens with zero attached hydrogens (tertiary/aromatic N) is 1. The Kier molecular flexibility index (Phi) is 7.07. The molecule has 15 rings (SSSR count). The molecule has 0 N–H and O–H groups in total. The summed E-state index contributed by atoms with van der Waals surface area (Å²) in [6.45, 7) is 0. The van der Waals surface area contributed by atoms with Crippen LogP contribution in [0.15, 0.2) is 164 Å². The molecular weight excluding hydrogens is 723 g/mol. The fourth-order valence-corrected chi connectivity index (χ4v) is 15.6. The van der Waals surface area contributed by atoms with Gasteiger partial charge in [0.15, 0.2) is 0 Å². The first kappa shape index (κ1) is 34.1. The predicted octanol–water partition coefficient (Wildman–Crippen LogP) is 15.3. The van der Waals surface area contributed by atoms with Gasteiger partial charge in [-0.2, -0.15) is 0 Å². The average Bonchev–Trinajstić information content (AvgIpc) is 4.06. The van der Waals surface area contributed by atoms with Gasteiger partial charge in [0.05, 0.1) is 5.69 Å². The Morgan fingerprint density at radius 1 is 0.383 bits per heavy atom. The molecule has 6 bridgehead atoms. The Balaban J connectivity index is 0.953. The fourth-order valence-electron chi connectivity index (χ4n) is 15.6. The molecule has 6 saturated carbocycles. The molecule has 8 aliphatic rings. The Morgan fingerprint density at radius 3 is 1.63 bits per heavy atom. The zero-order chi connectivity index (χ0) is 39.2. The van der Waals surface area contributed by atoms with Gasteiger partial charge in [-0.15, -0.1) is 0 Å². The highest BCUT2D eigenvalue weighted by atomic mass is 15.1. The molecule has 8 aliphatic carbocycles. The summed E-state index contributed by atoms with van der Waals surface area (Å²) >= 11 is 0. The molecule has 1 nitrogen and oxygen atoms in total. The van der Waals surface area contributed by atoms with Crippen molar-refractivity contribution in [3.63, 3.8) is 0 Å². The lowest BCUT2D eigenvalue weighted by atomic mass is 9.43. The molecule has 0 radical (unpaired) electrons. The molecule has 0 amide bonds. The number of hydrogen-bond donors (Lipinski definition) is 0. The molecule has 0 heterocycles. The number of benzene rings is 7. The molecule has 7 aromatic carbocycles. The number of anilines is 3. The van der Waals surface area contributed by atoms with Crippen LogP contribution in [0.2, 0.25) is 0 Å². The molecule has 7 aromatic rings. The summed E-state index contributed by atoms with van der Waals surface area (Å²) in [7, 11) is 0. The topological polar surface area (TPSA) is 3.24 Å². The maximum Gasteiger partial charge on any atom is 0.0543 e. The van der Waals surface area contributed by atoms with E-state index in [2.05, 4.69) is 169 Å². The van der Waals surface area contributed by atoms with E-state index in [-0.39, 0.29) is 10.8 Å². The van der Waals surface area contributed by atoms with Crippen molar-refractivity contribution in [3.05, 3.63) is 186 Å². The lowest BCUT2D eigenvalue weighted by Crippen LogP contribution is -2.55. The first-order chi connectivity index (χ1) is 29.7. The van der Waals surface area contributed by atoms with E-state index in [0.717, 1.165) is 35.5 Å². The number of hydrogen-bond acceptors (Lipinski definition) is 1. The van der Waals surface area contributed by atoms with E-state index < -0.39 is 0 Å². The number of rotatable bonds is 5. The zero-order valence-electron chi connectivity index (χ0n) is 34.4. The van der Waals surface area contributed by atoms with Crippen molar-refractivity contribution >= 4 is 17.1 Å². The second-order valence-electron chi connectivity index (χ2n) is 20.1. The minimum atomic E-state index is 0.127. The van der Waals surface area contributed by atoms with E-state index in [1.54, 1.807) is 22.3 Å². The fraction of sp³-hybridized carbons (Fsp3) is 0.288. The van der Waals surface area contributed by atoms with Crippen LogP contribution in [0.4, 0.5) is 17.1 Å². The van der Waals surface area contributed by atoms with Gasteiger partial charge in [-0.05, 0) is 178 Å².